The molecule has 4 rings (SSSR count). The molecule has 1 aromatic carbocycles. The summed E-state index contributed by atoms with van der Waals surface area (Å²) in [5, 5.41) is 13.6. The van der Waals surface area contributed by atoms with Gasteiger partial charge in [-0.2, -0.15) is 10.2 Å². The number of amides is 2. The van der Waals surface area contributed by atoms with Crippen LogP contribution in [0.3, 0.4) is 0 Å². The summed E-state index contributed by atoms with van der Waals surface area (Å²) in [6.45, 7) is 7.61. The summed E-state index contributed by atoms with van der Waals surface area (Å²) in [5.41, 5.74) is 6.33. The van der Waals surface area contributed by atoms with Gasteiger partial charge in [0.05, 0.1) is 22.5 Å². The lowest BCUT2D eigenvalue weighted by Gasteiger charge is -2.32. The Balaban J connectivity index is 1.55. The Bertz CT molecular complexity index is 901. The lowest BCUT2D eigenvalue weighted by Crippen LogP contribution is -2.53. The summed E-state index contributed by atoms with van der Waals surface area (Å²) in [5.74, 6) is 0.189. The van der Waals surface area contributed by atoms with Crippen LogP contribution in [0.15, 0.2) is 39.7 Å². The molecule has 2 N–H and O–H groups in total. The van der Waals surface area contributed by atoms with Crippen molar-refractivity contribution < 1.29 is 9.59 Å². The molecule has 0 aromatic heterocycles. The standard InChI is InChI=1S/C22H30N6O2/c1-4-7-14(5-2)19-18-20(25-24-19)15-8-6-9-16(17(15)21(18)29)23-22(30)26-28-12-10-27(3)11-13-28/h6,8-9,14,20H,4-5,7,10-13H2,1-3H3,(H2,23,26,30). The van der Waals surface area contributed by atoms with Crippen LogP contribution < -0.4 is 10.7 Å². The quantitative estimate of drug-likeness (QED) is 0.747. The van der Waals surface area contributed by atoms with Gasteiger partial charge in [0, 0.05) is 32.1 Å². The van der Waals surface area contributed by atoms with Crippen molar-refractivity contribution in [2.45, 2.75) is 39.2 Å². The number of allylic oxidation sites excluding steroid dienone is 1. The van der Waals surface area contributed by atoms with E-state index in [1.54, 1.807) is 6.07 Å². The molecule has 2 atom stereocenters. The van der Waals surface area contributed by atoms with Crippen LogP contribution in [0.1, 0.15) is 55.1 Å². The first kappa shape index (κ1) is 20.7. The maximum absolute atomic E-state index is 13.4. The molecular formula is C22H30N6O2. The van der Waals surface area contributed by atoms with Crippen molar-refractivity contribution in [3.8, 4) is 0 Å². The second-order valence-corrected chi connectivity index (χ2v) is 8.27. The van der Waals surface area contributed by atoms with Crippen molar-refractivity contribution in [1.29, 1.82) is 0 Å². The maximum atomic E-state index is 13.4. The Morgan fingerprint density at radius 2 is 2.00 bits per heavy atom. The summed E-state index contributed by atoms with van der Waals surface area (Å²) in [7, 11) is 2.07. The zero-order valence-electron chi connectivity index (χ0n) is 17.9. The summed E-state index contributed by atoms with van der Waals surface area (Å²) < 4.78 is 0. The lowest BCUT2D eigenvalue weighted by atomic mass is 9.92. The van der Waals surface area contributed by atoms with E-state index < -0.39 is 0 Å². The van der Waals surface area contributed by atoms with Gasteiger partial charge in [-0.3, -0.25) is 10.2 Å². The number of carbonyl (C=O) groups excluding carboxylic acids is 2. The molecule has 1 aromatic rings. The van der Waals surface area contributed by atoms with Crippen LogP contribution in [0.5, 0.6) is 0 Å². The first-order valence-corrected chi connectivity index (χ1v) is 10.9. The topological polar surface area (TPSA) is 89.4 Å². The number of benzene rings is 1. The van der Waals surface area contributed by atoms with Crippen LogP contribution in [-0.2, 0) is 0 Å². The van der Waals surface area contributed by atoms with Gasteiger partial charge in [-0.05, 0) is 31.5 Å². The first-order chi connectivity index (χ1) is 14.5. The number of rotatable bonds is 6. The number of anilines is 1. The molecule has 1 aliphatic carbocycles. The molecular weight excluding hydrogens is 380 g/mol. The molecule has 8 nitrogen and oxygen atoms in total. The first-order valence-electron chi connectivity index (χ1n) is 10.9. The van der Waals surface area contributed by atoms with Crippen molar-refractivity contribution in [3.63, 3.8) is 0 Å². The minimum atomic E-state index is -0.337. The lowest BCUT2D eigenvalue weighted by molar-refractivity contribution is 0.103. The number of Topliss-reactive ketones (excluding diaryl/α,β-unsaturated/α-hetero) is 1. The molecule has 1 saturated heterocycles. The summed E-state index contributed by atoms with van der Waals surface area (Å²) in [6.07, 6.45) is 2.96. The minimum absolute atomic E-state index is 0.0555. The SMILES string of the molecule is CCCC(CC)C1=C2C(=O)c3c(NC(=O)NN4CCN(C)CC4)cccc3C2N=N1. The van der Waals surface area contributed by atoms with Gasteiger partial charge in [-0.25, -0.2) is 9.80 Å². The van der Waals surface area contributed by atoms with Gasteiger partial charge < -0.3 is 10.2 Å². The van der Waals surface area contributed by atoms with Crippen LogP contribution in [0.25, 0.3) is 0 Å². The van der Waals surface area contributed by atoms with E-state index in [-0.39, 0.29) is 23.8 Å². The van der Waals surface area contributed by atoms with Crippen molar-refractivity contribution >= 4 is 17.5 Å². The van der Waals surface area contributed by atoms with E-state index in [2.05, 4.69) is 46.8 Å². The van der Waals surface area contributed by atoms with E-state index in [0.717, 1.165) is 56.7 Å². The molecule has 160 valence electrons. The number of nitrogens with one attached hydrogen (secondary N) is 2. The van der Waals surface area contributed by atoms with Gasteiger partial charge in [0.15, 0.2) is 5.78 Å². The van der Waals surface area contributed by atoms with Gasteiger partial charge in [0.25, 0.3) is 0 Å². The molecule has 2 heterocycles. The highest BCUT2D eigenvalue weighted by Gasteiger charge is 2.43. The summed E-state index contributed by atoms with van der Waals surface area (Å²) in [4.78, 5) is 28.2. The summed E-state index contributed by atoms with van der Waals surface area (Å²) in [6, 6.07) is 4.89. The number of azo groups is 1. The molecule has 0 spiro atoms. The number of piperazine rings is 1. The van der Waals surface area contributed by atoms with Crippen molar-refractivity contribution in [3.05, 3.63) is 40.6 Å². The highest BCUT2D eigenvalue weighted by Crippen LogP contribution is 2.48. The van der Waals surface area contributed by atoms with Gasteiger partial charge in [-0.15, -0.1) is 0 Å². The predicted molar refractivity (Wildman–Crippen MR) is 115 cm³/mol. The number of fused-ring (bicyclic) bond motifs is 3. The van der Waals surface area contributed by atoms with Crippen molar-refractivity contribution in [1.82, 2.24) is 15.3 Å². The van der Waals surface area contributed by atoms with Crippen LogP contribution in [0.4, 0.5) is 10.5 Å². The third kappa shape index (κ3) is 3.77. The predicted octanol–water partition coefficient (Wildman–Crippen LogP) is 3.75. The molecule has 30 heavy (non-hydrogen) atoms. The highest BCUT2D eigenvalue weighted by atomic mass is 16.2. The smallest absolute Gasteiger partial charge is 0.306 e. The number of ketones is 1. The second-order valence-electron chi connectivity index (χ2n) is 8.27. The largest absolute Gasteiger partial charge is 0.333 e. The summed E-state index contributed by atoms with van der Waals surface area (Å²) >= 11 is 0. The molecule has 8 heteroatoms. The Kier molecular flexibility index (Phi) is 5.97. The van der Waals surface area contributed by atoms with Crippen molar-refractivity contribution in [2.24, 2.45) is 16.1 Å². The Morgan fingerprint density at radius 3 is 2.70 bits per heavy atom. The number of hydrogen-bond donors (Lipinski definition) is 2. The average Bonchev–Trinajstić information content (AvgIpc) is 3.28. The van der Waals surface area contributed by atoms with Gasteiger partial charge >= 0.3 is 6.03 Å². The molecule has 0 radical (unpaired) electrons. The maximum Gasteiger partial charge on any atom is 0.333 e. The van der Waals surface area contributed by atoms with Crippen LogP contribution in [0.2, 0.25) is 0 Å². The molecule has 2 amide bonds. The van der Waals surface area contributed by atoms with Crippen LogP contribution in [0, 0.1) is 5.92 Å². The fourth-order valence-electron chi connectivity index (χ4n) is 4.52. The molecule has 0 bridgehead atoms. The van der Waals surface area contributed by atoms with E-state index >= 15 is 0 Å². The van der Waals surface area contributed by atoms with E-state index in [0.29, 0.717) is 16.8 Å². The minimum Gasteiger partial charge on any atom is -0.306 e. The Morgan fingerprint density at radius 1 is 1.23 bits per heavy atom. The third-order valence-corrected chi connectivity index (χ3v) is 6.22. The number of likely N-dealkylation sites (N-methyl/N-ethyl adjacent to an activating group) is 1. The molecule has 0 saturated carbocycles. The molecule has 2 unspecified atom stereocenters. The van der Waals surface area contributed by atoms with Crippen LogP contribution >= 0.6 is 0 Å². The fraction of sp³-hybridized carbons (Fsp3) is 0.545. The van der Waals surface area contributed by atoms with Gasteiger partial charge in [0.2, 0.25) is 0 Å². The zero-order chi connectivity index (χ0) is 21.3. The van der Waals surface area contributed by atoms with Crippen molar-refractivity contribution in [2.75, 3.05) is 38.5 Å². The Labute approximate surface area is 177 Å². The third-order valence-electron chi connectivity index (χ3n) is 6.22. The normalized spacial score (nSPS) is 22.2. The average molecular weight is 411 g/mol. The Hall–Kier alpha value is -2.58. The molecule has 2 aliphatic heterocycles. The van der Waals surface area contributed by atoms with E-state index in [9.17, 15) is 9.59 Å². The number of hydrogen-bond acceptors (Lipinski definition) is 6. The fourth-order valence-corrected chi connectivity index (χ4v) is 4.52. The van der Waals surface area contributed by atoms with E-state index in [1.165, 1.54) is 0 Å². The highest BCUT2D eigenvalue weighted by molar-refractivity contribution is 6.19. The monoisotopic (exact) mass is 410 g/mol. The number of hydrazine groups is 1. The number of nitrogens with zero attached hydrogens (tertiary/aromatic N) is 4. The number of carbonyl (C=O) groups is 2. The zero-order valence-corrected chi connectivity index (χ0v) is 17.9. The van der Waals surface area contributed by atoms with Crippen LogP contribution in [-0.4, -0.2) is 54.9 Å². The van der Waals surface area contributed by atoms with E-state index in [1.807, 2.05) is 17.1 Å². The number of urea groups is 1. The van der Waals surface area contributed by atoms with Gasteiger partial charge in [0.1, 0.15) is 6.04 Å². The van der Waals surface area contributed by atoms with Gasteiger partial charge in [-0.1, -0.05) is 32.4 Å². The van der Waals surface area contributed by atoms with E-state index in [4.69, 9.17) is 0 Å². The molecule has 1 fully saturated rings. The molecule has 3 aliphatic rings. The second kappa shape index (κ2) is 8.65.